The number of carbonyl (C=O) groups is 5. The summed E-state index contributed by atoms with van der Waals surface area (Å²) in [5, 5.41) is 10.1. The summed E-state index contributed by atoms with van der Waals surface area (Å²) in [6.07, 6.45) is -2.41. The largest absolute Gasteiger partial charge is 0.544 e. The van der Waals surface area contributed by atoms with E-state index < -0.39 is 66.2 Å². The molecule has 0 aromatic carbocycles. The Hall–Kier alpha value is -2.59. The van der Waals surface area contributed by atoms with Crippen molar-refractivity contribution in [2.75, 3.05) is 6.61 Å². The van der Waals surface area contributed by atoms with Crippen molar-refractivity contribution in [2.45, 2.75) is 45.3 Å². The Bertz CT molecular complexity index is 604. The number of Topliss-reactive ketones (excluding diaryl/α,β-unsaturated/α-hetero) is 1. The van der Waals surface area contributed by atoms with E-state index in [1.54, 1.807) is 0 Å². The molecule has 0 aromatic rings. The predicted molar refractivity (Wildman–Crippen MR) is 69.5 cm³/mol. The highest BCUT2D eigenvalue weighted by molar-refractivity contribution is 6.21. The van der Waals surface area contributed by atoms with Gasteiger partial charge >= 0.3 is 17.9 Å². The maximum atomic E-state index is 12.8. The van der Waals surface area contributed by atoms with Crippen molar-refractivity contribution in [1.29, 1.82) is 0 Å². The van der Waals surface area contributed by atoms with Gasteiger partial charge in [0.25, 0.3) is 11.7 Å². The summed E-state index contributed by atoms with van der Waals surface area (Å²) < 4.78 is 39.5. The molecule has 1 rings (SSSR count). The Balaban J connectivity index is 2.64. The third-order valence-electron chi connectivity index (χ3n) is 3.36. The Kier molecular flexibility index (Phi) is 5.50. The number of carbonyl (C=O) groups excluding carboxylic acids is 5. The van der Waals surface area contributed by atoms with Crippen LogP contribution in [-0.4, -0.2) is 48.0 Å². The summed E-state index contributed by atoms with van der Waals surface area (Å²) in [5.74, 6) is -13.4. The van der Waals surface area contributed by atoms with Crippen molar-refractivity contribution in [1.82, 2.24) is 0 Å². The average Bonchev–Trinajstić information content (AvgIpc) is 2.47. The lowest BCUT2D eigenvalue weighted by atomic mass is 9.85. The first kappa shape index (κ1) is 20.5. The van der Waals surface area contributed by atoms with E-state index in [1.807, 2.05) is 0 Å². The third kappa shape index (κ3) is 4.48. The Morgan fingerprint density at radius 1 is 1.12 bits per heavy atom. The van der Waals surface area contributed by atoms with Crippen LogP contribution >= 0.6 is 0 Å². The van der Waals surface area contributed by atoms with Crippen LogP contribution in [0.25, 0.3) is 0 Å². The maximum Gasteiger partial charge on any atom is 0.334 e. The van der Waals surface area contributed by atoms with Crippen LogP contribution in [0.3, 0.4) is 0 Å². The molecule has 0 atom stereocenters. The fourth-order valence-electron chi connectivity index (χ4n) is 1.71. The van der Waals surface area contributed by atoms with Gasteiger partial charge < -0.3 is 24.1 Å². The predicted octanol–water partition coefficient (Wildman–Crippen LogP) is -0.893. The van der Waals surface area contributed by atoms with Gasteiger partial charge in [-0.05, 0) is 6.92 Å². The number of carboxylic acids is 1. The van der Waals surface area contributed by atoms with Crippen LogP contribution in [0.5, 0.6) is 0 Å². The standard InChI is InChI=1S/C14H16F2O9/c1-12(2)24-10(21)13(3,11(22)25-12)7(17)6-23-8(18)4-5-14(15,16)9(19)20/h4-6H2,1-3H3,(H,19,20)/p-1. The fourth-order valence-corrected chi connectivity index (χ4v) is 1.71. The SMILES string of the molecule is CC1(C)OC(=O)C(C)(C(=O)COC(=O)CCC(F)(F)C(=O)[O-])C(=O)O1. The monoisotopic (exact) mass is 365 g/mol. The van der Waals surface area contributed by atoms with Crippen molar-refractivity contribution in [3.8, 4) is 0 Å². The van der Waals surface area contributed by atoms with E-state index in [0.717, 1.165) is 6.92 Å². The van der Waals surface area contributed by atoms with Gasteiger partial charge in [-0.2, -0.15) is 8.78 Å². The normalized spacial score (nSPS) is 18.8. The Morgan fingerprint density at radius 2 is 1.60 bits per heavy atom. The molecule has 140 valence electrons. The molecule has 1 saturated heterocycles. The number of carboxylic acid groups (broad SMARTS) is 1. The molecule has 0 bridgehead atoms. The van der Waals surface area contributed by atoms with Crippen molar-refractivity contribution in [2.24, 2.45) is 5.41 Å². The number of hydrogen-bond acceptors (Lipinski definition) is 9. The van der Waals surface area contributed by atoms with Crippen LogP contribution in [0.1, 0.15) is 33.6 Å². The van der Waals surface area contributed by atoms with Crippen molar-refractivity contribution >= 4 is 29.7 Å². The van der Waals surface area contributed by atoms with Gasteiger partial charge in [0.1, 0.15) is 5.97 Å². The molecular formula is C14H15F2O9-. The molecule has 0 unspecified atom stereocenters. The number of hydrogen-bond donors (Lipinski definition) is 0. The lowest BCUT2D eigenvalue weighted by Crippen LogP contribution is -2.57. The van der Waals surface area contributed by atoms with Crippen LogP contribution < -0.4 is 5.11 Å². The number of rotatable bonds is 7. The first-order valence-corrected chi connectivity index (χ1v) is 6.97. The van der Waals surface area contributed by atoms with Crippen LogP contribution in [0, 0.1) is 5.41 Å². The van der Waals surface area contributed by atoms with E-state index in [-0.39, 0.29) is 0 Å². The molecule has 0 aliphatic carbocycles. The van der Waals surface area contributed by atoms with E-state index in [2.05, 4.69) is 4.74 Å². The summed E-state index contributed by atoms with van der Waals surface area (Å²) in [7, 11) is 0. The number of halogens is 2. The zero-order valence-corrected chi connectivity index (χ0v) is 13.6. The van der Waals surface area contributed by atoms with E-state index in [1.165, 1.54) is 13.8 Å². The van der Waals surface area contributed by atoms with Gasteiger partial charge in [-0.1, -0.05) is 0 Å². The van der Waals surface area contributed by atoms with E-state index >= 15 is 0 Å². The molecule has 1 aliphatic rings. The number of alkyl halides is 2. The van der Waals surface area contributed by atoms with E-state index in [9.17, 15) is 37.9 Å². The first-order chi connectivity index (χ1) is 11.2. The summed E-state index contributed by atoms with van der Waals surface area (Å²) in [6, 6.07) is 0. The average molecular weight is 365 g/mol. The maximum absolute atomic E-state index is 12.8. The second-order valence-electron chi connectivity index (χ2n) is 5.88. The molecular weight excluding hydrogens is 350 g/mol. The third-order valence-corrected chi connectivity index (χ3v) is 3.36. The minimum absolute atomic E-state index is 0.910. The fraction of sp³-hybridized carbons (Fsp3) is 0.643. The lowest BCUT2D eigenvalue weighted by Gasteiger charge is -2.37. The molecule has 0 saturated carbocycles. The topological polar surface area (TPSA) is 136 Å². The highest BCUT2D eigenvalue weighted by atomic mass is 19.3. The highest BCUT2D eigenvalue weighted by Crippen LogP contribution is 2.33. The van der Waals surface area contributed by atoms with E-state index in [4.69, 9.17) is 9.47 Å². The molecule has 0 radical (unpaired) electrons. The second-order valence-corrected chi connectivity index (χ2v) is 5.88. The Morgan fingerprint density at radius 3 is 2.04 bits per heavy atom. The van der Waals surface area contributed by atoms with Crippen LogP contribution in [-0.2, 0) is 38.2 Å². The zero-order valence-electron chi connectivity index (χ0n) is 13.6. The molecule has 1 fully saturated rings. The van der Waals surface area contributed by atoms with Gasteiger partial charge in [-0.15, -0.1) is 0 Å². The molecule has 1 heterocycles. The lowest BCUT2D eigenvalue weighted by molar-refractivity contribution is -0.329. The van der Waals surface area contributed by atoms with Gasteiger partial charge in [-0.25, -0.2) is 0 Å². The van der Waals surface area contributed by atoms with E-state index in [0.29, 0.717) is 0 Å². The van der Waals surface area contributed by atoms with Crippen LogP contribution in [0.4, 0.5) is 8.78 Å². The molecule has 0 N–H and O–H groups in total. The molecule has 9 nitrogen and oxygen atoms in total. The molecule has 0 amide bonds. The Labute approximate surface area is 140 Å². The van der Waals surface area contributed by atoms with Crippen molar-refractivity contribution in [3.05, 3.63) is 0 Å². The van der Waals surface area contributed by atoms with Gasteiger partial charge in [-0.3, -0.25) is 19.2 Å². The number of ketones is 1. The first-order valence-electron chi connectivity index (χ1n) is 6.97. The molecule has 1 aliphatic heterocycles. The minimum atomic E-state index is -4.24. The van der Waals surface area contributed by atoms with Gasteiger partial charge in [0.2, 0.25) is 5.41 Å². The molecule has 0 aromatic heterocycles. The number of aliphatic carboxylic acids is 1. The number of esters is 3. The summed E-state index contributed by atoms with van der Waals surface area (Å²) in [5.41, 5.74) is -2.37. The van der Waals surface area contributed by atoms with Gasteiger partial charge in [0.15, 0.2) is 12.4 Å². The summed E-state index contributed by atoms with van der Waals surface area (Å²) in [4.78, 5) is 57.3. The highest BCUT2D eigenvalue weighted by Gasteiger charge is 2.58. The van der Waals surface area contributed by atoms with Gasteiger partial charge in [0.05, 0.1) is 6.42 Å². The van der Waals surface area contributed by atoms with Crippen molar-refractivity contribution < 1.29 is 52.1 Å². The molecule has 11 heteroatoms. The smallest absolute Gasteiger partial charge is 0.334 e. The summed E-state index contributed by atoms with van der Waals surface area (Å²) in [6.45, 7) is 2.36. The second kappa shape index (κ2) is 6.73. The quantitative estimate of drug-likeness (QED) is 0.415. The van der Waals surface area contributed by atoms with Crippen molar-refractivity contribution in [3.63, 3.8) is 0 Å². The van der Waals surface area contributed by atoms with Crippen LogP contribution in [0.2, 0.25) is 0 Å². The number of cyclic esters (lactones) is 2. The summed E-state index contributed by atoms with van der Waals surface area (Å²) >= 11 is 0. The van der Waals surface area contributed by atoms with Gasteiger partial charge in [0, 0.05) is 20.3 Å². The molecule has 0 spiro atoms. The van der Waals surface area contributed by atoms with Crippen LogP contribution in [0.15, 0.2) is 0 Å². The number of ether oxygens (including phenoxy) is 3. The minimum Gasteiger partial charge on any atom is -0.544 e. The molecule has 25 heavy (non-hydrogen) atoms. The zero-order chi connectivity index (χ0) is 19.6.